The smallest absolute Gasteiger partial charge is 0.361 e. The monoisotopic (exact) mass is 180 g/mol. The van der Waals surface area contributed by atoms with Gasteiger partial charge in [-0.15, -0.1) is 0 Å². The minimum atomic E-state index is -0.175. The van der Waals surface area contributed by atoms with Crippen LogP contribution < -0.4 is 5.32 Å². The van der Waals surface area contributed by atoms with E-state index in [0.717, 1.165) is 5.56 Å². The number of quaternary nitrogens is 1. The molecule has 0 atom stereocenters. The highest BCUT2D eigenvalue weighted by Crippen LogP contribution is 1.99. The summed E-state index contributed by atoms with van der Waals surface area (Å²) in [5, 5.41) is 1.79. The van der Waals surface area contributed by atoms with Crippen molar-refractivity contribution < 1.29 is 14.8 Å². The van der Waals surface area contributed by atoms with Crippen LogP contribution in [0.3, 0.4) is 0 Å². The third-order valence-corrected chi connectivity index (χ3v) is 1.61. The van der Waals surface area contributed by atoms with Crippen molar-refractivity contribution in [2.24, 2.45) is 0 Å². The number of esters is 1. The maximum Gasteiger partial charge on any atom is 0.361 e. The Balaban J connectivity index is 2.31. The molecule has 0 amide bonds. The molecule has 0 saturated heterocycles. The second-order valence-corrected chi connectivity index (χ2v) is 2.76. The molecule has 0 spiro atoms. The van der Waals surface area contributed by atoms with Gasteiger partial charge < -0.3 is 10.1 Å². The van der Waals surface area contributed by atoms with Crippen molar-refractivity contribution >= 4 is 5.97 Å². The summed E-state index contributed by atoms with van der Waals surface area (Å²) in [4.78, 5) is 11.0. The molecule has 3 nitrogen and oxygen atoms in total. The summed E-state index contributed by atoms with van der Waals surface area (Å²) in [5.74, 6) is -0.175. The minimum Gasteiger partial charge on any atom is -0.457 e. The van der Waals surface area contributed by atoms with Gasteiger partial charge in [0, 0.05) is 0 Å². The number of benzene rings is 1. The second-order valence-electron chi connectivity index (χ2n) is 2.76. The fourth-order valence-corrected chi connectivity index (χ4v) is 0.964. The Kier molecular flexibility index (Phi) is 3.99. The Labute approximate surface area is 77.7 Å². The molecule has 3 heteroatoms. The molecule has 0 bridgehead atoms. The number of likely N-dealkylation sites (N-methyl/N-ethyl adjacent to an activating group) is 1. The first-order valence-corrected chi connectivity index (χ1v) is 4.30. The number of rotatable bonds is 4. The van der Waals surface area contributed by atoms with Crippen molar-refractivity contribution in [1.29, 1.82) is 0 Å². The number of hydrogen-bond donors (Lipinski definition) is 1. The van der Waals surface area contributed by atoms with E-state index in [0.29, 0.717) is 13.2 Å². The van der Waals surface area contributed by atoms with E-state index in [2.05, 4.69) is 0 Å². The van der Waals surface area contributed by atoms with Crippen LogP contribution in [0, 0.1) is 0 Å². The zero-order valence-electron chi connectivity index (χ0n) is 7.69. The first-order valence-electron chi connectivity index (χ1n) is 4.30. The first-order chi connectivity index (χ1) is 6.33. The Morgan fingerprint density at radius 2 is 2.08 bits per heavy atom. The number of carbonyl (C=O) groups excluding carboxylic acids is 1. The molecule has 0 fully saturated rings. The molecule has 13 heavy (non-hydrogen) atoms. The lowest BCUT2D eigenvalue weighted by atomic mass is 10.2. The third-order valence-electron chi connectivity index (χ3n) is 1.61. The molecule has 0 saturated carbocycles. The second kappa shape index (κ2) is 5.32. The number of nitrogens with two attached hydrogens (primary N) is 1. The SMILES string of the molecule is C[NH2+]CC(=O)OCc1ccccc1. The average molecular weight is 180 g/mol. The zero-order chi connectivity index (χ0) is 9.52. The van der Waals surface area contributed by atoms with Gasteiger partial charge in [-0.05, 0) is 5.56 Å². The van der Waals surface area contributed by atoms with Crippen molar-refractivity contribution in [3.05, 3.63) is 35.9 Å². The standard InChI is InChI=1S/C10H13NO2/c1-11-7-10(12)13-8-9-5-3-2-4-6-9/h2-6,11H,7-8H2,1H3/p+1. The molecule has 0 unspecified atom stereocenters. The van der Waals surface area contributed by atoms with Crippen LogP contribution in [0.4, 0.5) is 0 Å². The van der Waals surface area contributed by atoms with Gasteiger partial charge in [-0.2, -0.15) is 0 Å². The molecule has 2 N–H and O–H groups in total. The fraction of sp³-hybridized carbons (Fsp3) is 0.300. The first kappa shape index (κ1) is 9.74. The van der Waals surface area contributed by atoms with Crippen LogP contribution in [0.25, 0.3) is 0 Å². The van der Waals surface area contributed by atoms with Crippen LogP contribution in [0.15, 0.2) is 30.3 Å². The van der Waals surface area contributed by atoms with Gasteiger partial charge >= 0.3 is 5.97 Å². The molecule has 0 aliphatic carbocycles. The topological polar surface area (TPSA) is 42.9 Å². The van der Waals surface area contributed by atoms with E-state index < -0.39 is 0 Å². The van der Waals surface area contributed by atoms with E-state index in [1.54, 1.807) is 5.32 Å². The molecule has 0 aliphatic heterocycles. The quantitative estimate of drug-likeness (QED) is 0.659. The number of ether oxygens (including phenoxy) is 1. The van der Waals surface area contributed by atoms with Gasteiger partial charge in [0.2, 0.25) is 0 Å². The lowest BCUT2D eigenvalue weighted by Crippen LogP contribution is -2.81. The highest BCUT2D eigenvalue weighted by Gasteiger charge is 2.02. The van der Waals surface area contributed by atoms with Crippen LogP contribution in [-0.2, 0) is 16.1 Å². The van der Waals surface area contributed by atoms with Crippen molar-refractivity contribution in [1.82, 2.24) is 0 Å². The van der Waals surface area contributed by atoms with Crippen molar-refractivity contribution in [3.63, 3.8) is 0 Å². The van der Waals surface area contributed by atoms with Crippen LogP contribution in [0.1, 0.15) is 5.56 Å². The molecular formula is C10H14NO2+. The summed E-state index contributed by atoms with van der Waals surface area (Å²) in [6.45, 7) is 0.750. The largest absolute Gasteiger partial charge is 0.457 e. The maximum atomic E-state index is 11.0. The van der Waals surface area contributed by atoms with Crippen LogP contribution in [-0.4, -0.2) is 19.6 Å². The Hall–Kier alpha value is -1.35. The van der Waals surface area contributed by atoms with E-state index in [-0.39, 0.29) is 5.97 Å². The van der Waals surface area contributed by atoms with Gasteiger partial charge in [0.25, 0.3) is 0 Å². The minimum absolute atomic E-state index is 0.175. The van der Waals surface area contributed by atoms with E-state index in [9.17, 15) is 4.79 Å². The van der Waals surface area contributed by atoms with E-state index in [1.165, 1.54) is 0 Å². The van der Waals surface area contributed by atoms with E-state index in [1.807, 2.05) is 37.4 Å². The molecule has 0 heterocycles. The molecule has 0 aliphatic rings. The molecule has 1 aromatic rings. The summed E-state index contributed by atoms with van der Waals surface area (Å²) in [6, 6.07) is 9.65. The molecule has 0 aromatic heterocycles. The average Bonchev–Trinajstić information content (AvgIpc) is 2.17. The number of hydrogen-bond acceptors (Lipinski definition) is 2. The highest BCUT2D eigenvalue weighted by molar-refractivity contribution is 5.70. The van der Waals surface area contributed by atoms with Crippen molar-refractivity contribution in [3.8, 4) is 0 Å². The lowest BCUT2D eigenvalue weighted by Gasteiger charge is -2.02. The predicted molar refractivity (Wildman–Crippen MR) is 49.0 cm³/mol. The van der Waals surface area contributed by atoms with Gasteiger partial charge in [0.1, 0.15) is 6.61 Å². The molecule has 70 valence electrons. The van der Waals surface area contributed by atoms with E-state index in [4.69, 9.17) is 4.74 Å². The van der Waals surface area contributed by atoms with Gasteiger partial charge in [-0.25, -0.2) is 4.79 Å². The Bertz CT molecular complexity index is 259. The van der Waals surface area contributed by atoms with Crippen molar-refractivity contribution in [2.45, 2.75) is 6.61 Å². The van der Waals surface area contributed by atoms with Gasteiger partial charge in [-0.3, -0.25) is 0 Å². The summed E-state index contributed by atoms with van der Waals surface area (Å²) < 4.78 is 5.00. The normalized spacial score (nSPS) is 9.62. The van der Waals surface area contributed by atoms with Gasteiger partial charge in [0.05, 0.1) is 7.05 Å². The van der Waals surface area contributed by atoms with Gasteiger partial charge in [-0.1, -0.05) is 30.3 Å². The van der Waals surface area contributed by atoms with E-state index >= 15 is 0 Å². The summed E-state index contributed by atoms with van der Waals surface area (Å²) in [6.07, 6.45) is 0. The predicted octanol–water partition coefficient (Wildman–Crippen LogP) is -0.0770. The zero-order valence-corrected chi connectivity index (χ0v) is 7.69. The van der Waals surface area contributed by atoms with Gasteiger partial charge in [0.15, 0.2) is 6.54 Å². The number of carbonyl (C=O) groups is 1. The third kappa shape index (κ3) is 3.71. The fourth-order valence-electron chi connectivity index (χ4n) is 0.964. The van der Waals surface area contributed by atoms with Crippen LogP contribution in [0.2, 0.25) is 0 Å². The summed E-state index contributed by atoms with van der Waals surface area (Å²) >= 11 is 0. The van der Waals surface area contributed by atoms with Crippen molar-refractivity contribution in [2.75, 3.05) is 13.6 Å². The van der Waals surface area contributed by atoms with Crippen LogP contribution in [0.5, 0.6) is 0 Å². The molecule has 1 aromatic carbocycles. The maximum absolute atomic E-state index is 11.0. The highest BCUT2D eigenvalue weighted by atomic mass is 16.5. The molecule has 1 rings (SSSR count). The summed E-state index contributed by atoms with van der Waals surface area (Å²) in [7, 11) is 1.84. The van der Waals surface area contributed by atoms with Crippen LogP contribution >= 0.6 is 0 Å². The molecule has 0 radical (unpaired) electrons. The molecular weight excluding hydrogens is 166 g/mol. The Morgan fingerprint density at radius 1 is 1.38 bits per heavy atom. The Morgan fingerprint density at radius 3 is 2.69 bits per heavy atom. The summed E-state index contributed by atoms with van der Waals surface area (Å²) in [5.41, 5.74) is 1.02. The lowest BCUT2D eigenvalue weighted by molar-refractivity contribution is -0.617.